The van der Waals surface area contributed by atoms with Gasteiger partial charge in [-0.25, -0.2) is 4.98 Å². The lowest BCUT2D eigenvalue weighted by molar-refractivity contribution is -0.118. The Hall–Kier alpha value is -2.71. The summed E-state index contributed by atoms with van der Waals surface area (Å²) in [7, 11) is 0. The van der Waals surface area contributed by atoms with Crippen LogP contribution in [0.1, 0.15) is 24.0 Å². The molecule has 1 aromatic heterocycles. The number of nitrogens with zero attached hydrogens (tertiary/aromatic N) is 2. The quantitative estimate of drug-likeness (QED) is 0.533. The van der Waals surface area contributed by atoms with Crippen molar-refractivity contribution in [3.63, 3.8) is 0 Å². The van der Waals surface area contributed by atoms with Gasteiger partial charge in [-0.1, -0.05) is 6.07 Å². The van der Waals surface area contributed by atoms with Crippen molar-refractivity contribution in [2.24, 2.45) is 0 Å². The number of carbonyl (C=O) groups excluding carboxylic acids is 1. The van der Waals surface area contributed by atoms with E-state index in [2.05, 4.69) is 43.4 Å². The van der Waals surface area contributed by atoms with Gasteiger partial charge in [0.1, 0.15) is 12.3 Å². The second kappa shape index (κ2) is 7.27. The maximum atomic E-state index is 11.5. The largest absolute Gasteiger partial charge is 0.387 e. The van der Waals surface area contributed by atoms with E-state index in [0.29, 0.717) is 23.5 Å². The third kappa shape index (κ3) is 3.92. The SMILES string of the molecule is O=C(CO)Nc1cnc(Nc2ccc3c(c2)CCNC3)nc1NC1CC1. The van der Waals surface area contributed by atoms with Crippen LogP contribution in [0.3, 0.4) is 0 Å². The van der Waals surface area contributed by atoms with E-state index < -0.39 is 12.5 Å². The molecule has 1 fully saturated rings. The van der Waals surface area contributed by atoms with E-state index in [1.54, 1.807) is 6.20 Å². The Bertz CT molecular complexity index is 821. The van der Waals surface area contributed by atoms with E-state index in [0.717, 1.165) is 38.0 Å². The van der Waals surface area contributed by atoms with E-state index in [4.69, 9.17) is 5.11 Å². The average Bonchev–Trinajstić information content (AvgIpc) is 3.47. The molecule has 0 bridgehead atoms. The van der Waals surface area contributed by atoms with Gasteiger partial charge in [-0.05, 0) is 49.1 Å². The van der Waals surface area contributed by atoms with Crippen molar-refractivity contribution in [1.82, 2.24) is 15.3 Å². The molecule has 1 amide bonds. The Labute approximate surface area is 151 Å². The molecule has 2 aromatic rings. The number of hydrogen-bond donors (Lipinski definition) is 5. The van der Waals surface area contributed by atoms with E-state index in [1.165, 1.54) is 11.1 Å². The van der Waals surface area contributed by atoms with E-state index >= 15 is 0 Å². The molecule has 1 aromatic carbocycles. The molecule has 2 heterocycles. The molecule has 1 aliphatic carbocycles. The standard InChI is InChI=1S/C18H22N6O2/c25-10-16(26)23-15-9-20-18(24-17(15)21-13-3-4-13)22-14-2-1-12-8-19-6-5-11(12)7-14/h1-2,7,9,13,19,25H,3-6,8,10H2,(H,23,26)(H2,20,21,22,24). The molecule has 2 aliphatic rings. The first-order chi connectivity index (χ1) is 12.7. The normalized spacial score (nSPS) is 15.9. The van der Waals surface area contributed by atoms with Crippen LogP contribution in [0, 0.1) is 0 Å². The van der Waals surface area contributed by atoms with Crippen LogP contribution >= 0.6 is 0 Å². The number of anilines is 4. The molecule has 1 aliphatic heterocycles. The van der Waals surface area contributed by atoms with Crippen LogP contribution < -0.4 is 21.3 Å². The summed E-state index contributed by atoms with van der Waals surface area (Å²) in [6, 6.07) is 6.64. The van der Waals surface area contributed by atoms with Gasteiger partial charge in [0.05, 0.1) is 6.20 Å². The van der Waals surface area contributed by atoms with Gasteiger partial charge in [0.2, 0.25) is 11.9 Å². The van der Waals surface area contributed by atoms with E-state index in [-0.39, 0.29) is 0 Å². The second-order valence-corrected chi connectivity index (χ2v) is 6.62. The predicted molar refractivity (Wildman–Crippen MR) is 99.5 cm³/mol. The molecule has 5 N–H and O–H groups in total. The molecule has 4 rings (SSSR count). The number of fused-ring (bicyclic) bond motifs is 1. The van der Waals surface area contributed by atoms with Crippen molar-refractivity contribution in [3.8, 4) is 0 Å². The van der Waals surface area contributed by atoms with Crippen LogP contribution in [0.25, 0.3) is 0 Å². The molecule has 136 valence electrons. The minimum absolute atomic E-state index is 0.374. The van der Waals surface area contributed by atoms with Crippen molar-refractivity contribution < 1.29 is 9.90 Å². The molecule has 0 saturated heterocycles. The highest BCUT2D eigenvalue weighted by molar-refractivity contribution is 5.94. The highest BCUT2D eigenvalue weighted by Gasteiger charge is 2.23. The minimum Gasteiger partial charge on any atom is -0.387 e. The van der Waals surface area contributed by atoms with Crippen molar-refractivity contribution >= 4 is 29.0 Å². The molecular formula is C18H22N6O2. The van der Waals surface area contributed by atoms with Gasteiger partial charge in [0.15, 0.2) is 5.82 Å². The molecule has 0 unspecified atom stereocenters. The number of rotatable bonds is 6. The van der Waals surface area contributed by atoms with Crippen molar-refractivity contribution in [2.45, 2.75) is 31.8 Å². The van der Waals surface area contributed by atoms with Crippen LogP contribution in [-0.4, -0.2) is 40.2 Å². The Morgan fingerprint density at radius 3 is 3.00 bits per heavy atom. The highest BCUT2D eigenvalue weighted by atomic mass is 16.3. The van der Waals surface area contributed by atoms with Crippen LogP contribution in [-0.2, 0) is 17.8 Å². The van der Waals surface area contributed by atoms with Gasteiger partial charge in [-0.2, -0.15) is 4.98 Å². The molecule has 0 spiro atoms. The monoisotopic (exact) mass is 354 g/mol. The summed E-state index contributed by atoms with van der Waals surface area (Å²) in [6.45, 7) is 1.31. The summed E-state index contributed by atoms with van der Waals surface area (Å²) in [4.78, 5) is 20.3. The van der Waals surface area contributed by atoms with Gasteiger partial charge < -0.3 is 26.4 Å². The third-order valence-electron chi connectivity index (χ3n) is 4.47. The lowest BCUT2D eigenvalue weighted by atomic mass is 10.0. The summed E-state index contributed by atoms with van der Waals surface area (Å²) in [5.74, 6) is 0.537. The summed E-state index contributed by atoms with van der Waals surface area (Å²) >= 11 is 0. The number of benzene rings is 1. The molecule has 0 radical (unpaired) electrons. The summed E-state index contributed by atoms with van der Waals surface area (Å²) in [5, 5.41) is 21.4. The van der Waals surface area contributed by atoms with Crippen molar-refractivity contribution in [3.05, 3.63) is 35.5 Å². The number of hydrogen-bond acceptors (Lipinski definition) is 7. The number of aliphatic hydroxyl groups is 1. The van der Waals surface area contributed by atoms with Crippen molar-refractivity contribution in [2.75, 3.05) is 29.1 Å². The molecule has 1 saturated carbocycles. The fraction of sp³-hybridized carbons (Fsp3) is 0.389. The highest BCUT2D eigenvalue weighted by Crippen LogP contribution is 2.29. The number of amides is 1. The number of aromatic nitrogens is 2. The zero-order valence-corrected chi connectivity index (χ0v) is 14.4. The predicted octanol–water partition coefficient (Wildman–Crippen LogP) is 1.37. The fourth-order valence-corrected chi connectivity index (χ4v) is 2.94. The second-order valence-electron chi connectivity index (χ2n) is 6.62. The average molecular weight is 354 g/mol. The number of nitrogens with one attached hydrogen (secondary N) is 4. The first-order valence-electron chi connectivity index (χ1n) is 8.85. The van der Waals surface area contributed by atoms with Crippen LogP contribution in [0.4, 0.5) is 23.1 Å². The lowest BCUT2D eigenvalue weighted by Gasteiger charge is -2.18. The van der Waals surface area contributed by atoms with Gasteiger partial charge in [0.25, 0.3) is 0 Å². The molecule has 26 heavy (non-hydrogen) atoms. The number of carbonyl (C=O) groups is 1. The van der Waals surface area contributed by atoms with Gasteiger partial charge in [-0.3, -0.25) is 4.79 Å². The van der Waals surface area contributed by atoms with Gasteiger partial charge >= 0.3 is 0 Å². The topological polar surface area (TPSA) is 111 Å². The van der Waals surface area contributed by atoms with E-state index in [9.17, 15) is 4.79 Å². The Kier molecular flexibility index (Phi) is 4.68. The third-order valence-corrected chi connectivity index (χ3v) is 4.47. The Morgan fingerprint density at radius 2 is 2.19 bits per heavy atom. The van der Waals surface area contributed by atoms with E-state index in [1.807, 2.05) is 6.07 Å². The van der Waals surface area contributed by atoms with Crippen molar-refractivity contribution in [1.29, 1.82) is 0 Å². The van der Waals surface area contributed by atoms with Gasteiger partial charge in [0, 0.05) is 18.3 Å². The lowest BCUT2D eigenvalue weighted by Crippen LogP contribution is -2.23. The first kappa shape index (κ1) is 16.7. The Morgan fingerprint density at radius 1 is 1.31 bits per heavy atom. The number of aliphatic hydroxyl groups excluding tert-OH is 1. The molecule has 8 heteroatoms. The first-order valence-corrected chi connectivity index (χ1v) is 8.85. The summed E-state index contributed by atoms with van der Waals surface area (Å²) in [5.41, 5.74) is 4.06. The zero-order chi connectivity index (χ0) is 17.9. The maximum absolute atomic E-state index is 11.5. The maximum Gasteiger partial charge on any atom is 0.250 e. The smallest absolute Gasteiger partial charge is 0.250 e. The van der Waals surface area contributed by atoms with Crippen LogP contribution in [0.15, 0.2) is 24.4 Å². The molecule has 0 atom stereocenters. The minimum atomic E-state index is -0.577. The van der Waals surface area contributed by atoms with Crippen LogP contribution in [0.2, 0.25) is 0 Å². The van der Waals surface area contributed by atoms with Crippen LogP contribution in [0.5, 0.6) is 0 Å². The Balaban J connectivity index is 1.55. The van der Waals surface area contributed by atoms with Gasteiger partial charge in [-0.15, -0.1) is 0 Å². The summed E-state index contributed by atoms with van der Waals surface area (Å²) < 4.78 is 0. The molecular weight excluding hydrogens is 332 g/mol. The summed E-state index contributed by atoms with van der Waals surface area (Å²) in [6.07, 6.45) is 4.72. The molecule has 8 nitrogen and oxygen atoms in total. The zero-order valence-electron chi connectivity index (χ0n) is 14.4. The fourth-order valence-electron chi connectivity index (χ4n) is 2.94.